The SMILES string of the molecule is NC(=O)COC(=O)NCCC1CCN(c2cnc3ccccc3c2)CC1. The number of nitrogens with zero attached hydrogens (tertiary/aromatic N) is 2. The maximum Gasteiger partial charge on any atom is 0.407 e. The number of aromatic nitrogens is 1. The molecular formula is C19H24N4O3. The highest BCUT2D eigenvalue weighted by Gasteiger charge is 2.20. The molecule has 2 heterocycles. The first-order valence-electron chi connectivity index (χ1n) is 8.90. The van der Waals surface area contributed by atoms with Crippen molar-refractivity contribution >= 4 is 28.6 Å². The number of ether oxygens (including phenoxy) is 1. The molecule has 2 amide bonds. The molecule has 3 N–H and O–H groups in total. The Bertz CT molecular complexity index is 772. The Kier molecular flexibility index (Phi) is 5.88. The third-order valence-corrected chi connectivity index (χ3v) is 4.72. The van der Waals surface area contributed by atoms with E-state index < -0.39 is 12.0 Å². The second-order valence-corrected chi connectivity index (χ2v) is 6.57. The van der Waals surface area contributed by atoms with E-state index in [1.807, 2.05) is 24.4 Å². The van der Waals surface area contributed by atoms with E-state index in [1.54, 1.807) is 0 Å². The summed E-state index contributed by atoms with van der Waals surface area (Å²) in [5.74, 6) is -0.0909. The van der Waals surface area contributed by atoms with Gasteiger partial charge < -0.3 is 20.7 Å². The smallest absolute Gasteiger partial charge is 0.407 e. The van der Waals surface area contributed by atoms with Crippen molar-refractivity contribution in [1.29, 1.82) is 0 Å². The van der Waals surface area contributed by atoms with Crippen molar-refractivity contribution in [2.45, 2.75) is 19.3 Å². The van der Waals surface area contributed by atoms with Gasteiger partial charge in [-0.25, -0.2) is 4.79 Å². The van der Waals surface area contributed by atoms with Crippen LogP contribution < -0.4 is 16.0 Å². The molecule has 1 fully saturated rings. The van der Waals surface area contributed by atoms with Crippen LogP contribution in [0.1, 0.15) is 19.3 Å². The summed E-state index contributed by atoms with van der Waals surface area (Å²) in [5, 5.41) is 3.81. The van der Waals surface area contributed by atoms with Crippen LogP contribution in [0.3, 0.4) is 0 Å². The van der Waals surface area contributed by atoms with E-state index in [-0.39, 0.29) is 6.61 Å². The number of hydrogen-bond acceptors (Lipinski definition) is 5. The molecule has 0 bridgehead atoms. The topological polar surface area (TPSA) is 97.6 Å². The number of nitrogens with one attached hydrogen (secondary N) is 1. The van der Waals surface area contributed by atoms with Crippen molar-refractivity contribution in [3.8, 4) is 0 Å². The Morgan fingerprint density at radius 1 is 1.27 bits per heavy atom. The number of rotatable bonds is 6. The van der Waals surface area contributed by atoms with Crippen LogP contribution in [0.15, 0.2) is 36.5 Å². The summed E-state index contributed by atoms with van der Waals surface area (Å²) in [6.07, 6.45) is 4.40. The molecular weight excluding hydrogens is 332 g/mol. The monoisotopic (exact) mass is 356 g/mol. The number of alkyl carbamates (subject to hydrolysis) is 1. The molecule has 1 aliphatic rings. The zero-order valence-electron chi connectivity index (χ0n) is 14.7. The molecule has 7 heteroatoms. The molecule has 0 unspecified atom stereocenters. The van der Waals surface area contributed by atoms with Crippen LogP contribution in [-0.2, 0) is 9.53 Å². The van der Waals surface area contributed by atoms with Crippen molar-refractivity contribution in [3.05, 3.63) is 36.5 Å². The maximum atomic E-state index is 11.4. The average molecular weight is 356 g/mol. The number of amides is 2. The van der Waals surface area contributed by atoms with Gasteiger partial charge in [-0.15, -0.1) is 0 Å². The second-order valence-electron chi connectivity index (χ2n) is 6.57. The van der Waals surface area contributed by atoms with Crippen LogP contribution in [0.5, 0.6) is 0 Å². The van der Waals surface area contributed by atoms with E-state index >= 15 is 0 Å². The fraction of sp³-hybridized carbons (Fsp3) is 0.421. The summed E-state index contributed by atoms with van der Waals surface area (Å²) in [7, 11) is 0. The number of nitrogens with two attached hydrogens (primary N) is 1. The van der Waals surface area contributed by atoms with Crippen molar-refractivity contribution in [2.75, 3.05) is 31.1 Å². The molecule has 0 atom stereocenters. The van der Waals surface area contributed by atoms with E-state index in [2.05, 4.69) is 32.1 Å². The predicted molar refractivity (Wildman–Crippen MR) is 99.8 cm³/mol. The highest BCUT2D eigenvalue weighted by Crippen LogP contribution is 2.26. The van der Waals surface area contributed by atoms with Crippen molar-refractivity contribution in [3.63, 3.8) is 0 Å². The normalized spacial score (nSPS) is 15.0. The Morgan fingerprint density at radius 3 is 2.81 bits per heavy atom. The molecule has 26 heavy (non-hydrogen) atoms. The highest BCUT2D eigenvalue weighted by atomic mass is 16.6. The second kappa shape index (κ2) is 8.51. The van der Waals surface area contributed by atoms with E-state index in [4.69, 9.17) is 5.73 Å². The Labute approximate surface area is 152 Å². The van der Waals surface area contributed by atoms with Crippen LogP contribution in [0, 0.1) is 5.92 Å². The van der Waals surface area contributed by atoms with Crippen LogP contribution in [0.25, 0.3) is 10.9 Å². The number of piperidine rings is 1. The Morgan fingerprint density at radius 2 is 2.04 bits per heavy atom. The number of pyridine rings is 1. The Balaban J connectivity index is 1.42. The molecule has 0 radical (unpaired) electrons. The fourth-order valence-corrected chi connectivity index (χ4v) is 3.28. The molecule has 2 aromatic rings. The standard InChI is InChI=1S/C19H24N4O3/c20-18(24)13-26-19(25)21-8-5-14-6-9-23(10-7-14)16-11-15-3-1-2-4-17(15)22-12-16/h1-4,11-12,14H,5-10,13H2,(H2,20,24)(H,21,25). The number of hydrogen-bond donors (Lipinski definition) is 2. The van der Waals surface area contributed by atoms with Gasteiger partial charge >= 0.3 is 6.09 Å². The quantitative estimate of drug-likeness (QED) is 0.825. The van der Waals surface area contributed by atoms with Gasteiger partial charge in [0.2, 0.25) is 0 Å². The number of anilines is 1. The lowest BCUT2D eigenvalue weighted by Gasteiger charge is -2.33. The van der Waals surface area contributed by atoms with Gasteiger partial charge in [-0.2, -0.15) is 0 Å². The molecule has 1 aromatic heterocycles. The Hall–Kier alpha value is -2.83. The van der Waals surface area contributed by atoms with E-state index in [0.29, 0.717) is 12.5 Å². The zero-order valence-corrected chi connectivity index (χ0v) is 14.7. The number of para-hydroxylation sites is 1. The number of benzene rings is 1. The molecule has 1 aliphatic heterocycles. The van der Waals surface area contributed by atoms with Gasteiger partial charge in [-0.1, -0.05) is 18.2 Å². The van der Waals surface area contributed by atoms with E-state index in [9.17, 15) is 9.59 Å². The lowest BCUT2D eigenvalue weighted by molar-refractivity contribution is -0.120. The minimum Gasteiger partial charge on any atom is -0.439 e. The number of primary amides is 1. The van der Waals surface area contributed by atoms with Crippen molar-refractivity contribution < 1.29 is 14.3 Å². The fourth-order valence-electron chi connectivity index (χ4n) is 3.28. The van der Waals surface area contributed by atoms with E-state index in [0.717, 1.165) is 48.9 Å². The van der Waals surface area contributed by atoms with Gasteiger partial charge in [0.15, 0.2) is 6.61 Å². The average Bonchev–Trinajstić information content (AvgIpc) is 2.66. The lowest BCUT2D eigenvalue weighted by Crippen LogP contribution is -2.35. The van der Waals surface area contributed by atoms with Gasteiger partial charge in [0, 0.05) is 25.0 Å². The van der Waals surface area contributed by atoms with Crippen LogP contribution in [-0.4, -0.2) is 43.2 Å². The molecule has 0 aliphatic carbocycles. The zero-order chi connectivity index (χ0) is 18.4. The van der Waals surface area contributed by atoms with Crippen LogP contribution in [0.4, 0.5) is 10.5 Å². The number of fused-ring (bicyclic) bond motifs is 1. The minimum atomic E-state index is -0.657. The largest absolute Gasteiger partial charge is 0.439 e. The molecule has 3 rings (SSSR count). The first-order valence-corrected chi connectivity index (χ1v) is 8.90. The van der Waals surface area contributed by atoms with Crippen molar-refractivity contribution in [1.82, 2.24) is 10.3 Å². The van der Waals surface area contributed by atoms with Crippen LogP contribution >= 0.6 is 0 Å². The van der Waals surface area contributed by atoms with Gasteiger partial charge in [-0.05, 0) is 37.3 Å². The minimum absolute atomic E-state index is 0.385. The highest BCUT2D eigenvalue weighted by molar-refractivity contribution is 5.81. The van der Waals surface area contributed by atoms with Gasteiger partial charge in [0.05, 0.1) is 17.4 Å². The first kappa shape index (κ1) is 18.0. The van der Waals surface area contributed by atoms with Gasteiger partial charge in [0.1, 0.15) is 0 Å². The summed E-state index contributed by atoms with van der Waals surface area (Å²) in [4.78, 5) is 28.8. The first-order chi connectivity index (χ1) is 12.6. The number of carbonyl (C=O) groups excluding carboxylic acids is 2. The summed E-state index contributed by atoms with van der Waals surface area (Å²) < 4.78 is 4.66. The molecule has 0 spiro atoms. The van der Waals surface area contributed by atoms with Gasteiger partial charge in [0.25, 0.3) is 5.91 Å². The summed E-state index contributed by atoms with van der Waals surface area (Å²) in [6.45, 7) is 2.12. The third-order valence-electron chi connectivity index (χ3n) is 4.72. The molecule has 0 saturated carbocycles. The van der Waals surface area contributed by atoms with Gasteiger partial charge in [-0.3, -0.25) is 9.78 Å². The maximum absolute atomic E-state index is 11.4. The summed E-state index contributed by atoms with van der Waals surface area (Å²) >= 11 is 0. The van der Waals surface area contributed by atoms with E-state index in [1.165, 1.54) is 0 Å². The third kappa shape index (κ3) is 4.84. The van der Waals surface area contributed by atoms with Crippen molar-refractivity contribution in [2.24, 2.45) is 11.7 Å². The molecule has 138 valence electrons. The summed E-state index contributed by atoms with van der Waals surface area (Å²) in [6, 6.07) is 10.3. The molecule has 1 saturated heterocycles. The predicted octanol–water partition coefficient (Wildman–Crippen LogP) is 2.05. The molecule has 7 nitrogen and oxygen atoms in total. The number of carbonyl (C=O) groups is 2. The van der Waals surface area contributed by atoms with Crippen LogP contribution in [0.2, 0.25) is 0 Å². The lowest BCUT2D eigenvalue weighted by atomic mass is 9.93. The summed E-state index contributed by atoms with van der Waals surface area (Å²) in [5.41, 5.74) is 7.10. The molecule has 1 aromatic carbocycles.